The normalized spacial score (nSPS) is 11.6. The van der Waals surface area contributed by atoms with Crippen molar-refractivity contribution in [2.24, 2.45) is 0 Å². The van der Waals surface area contributed by atoms with Gasteiger partial charge in [0.15, 0.2) is 5.78 Å². The van der Waals surface area contributed by atoms with Crippen LogP contribution in [0.15, 0.2) is 60.7 Å². The van der Waals surface area contributed by atoms with Crippen molar-refractivity contribution in [1.82, 2.24) is 5.32 Å². The van der Waals surface area contributed by atoms with Crippen LogP contribution < -0.4 is 5.32 Å². The van der Waals surface area contributed by atoms with Crippen molar-refractivity contribution < 1.29 is 9.59 Å². The van der Waals surface area contributed by atoms with Gasteiger partial charge < -0.3 is 5.32 Å². The number of benzene rings is 2. The molecule has 2 aromatic rings. The molecular weight excluding hydrogens is 238 g/mol. The molecule has 0 aliphatic heterocycles. The van der Waals surface area contributed by atoms with Gasteiger partial charge in [0, 0.05) is 5.56 Å². The summed E-state index contributed by atoms with van der Waals surface area (Å²) in [5, 5.41) is 2.76. The molecule has 0 bridgehead atoms. The van der Waals surface area contributed by atoms with E-state index in [-0.39, 0.29) is 11.7 Å². The summed E-state index contributed by atoms with van der Waals surface area (Å²) >= 11 is 0. The van der Waals surface area contributed by atoms with Gasteiger partial charge in [0.2, 0.25) is 0 Å². The molecule has 96 valence electrons. The van der Waals surface area contributed by atoms with Crippen LogP contribution in [0.4, 0.5) is 0 Å². The molecule has 0 heterocycles. The zero-order valence-electron chi connectivity index (χ0n) is 10.7. The van der Waals surface area contributed by atoms with Crippen molar-refractivity contribution in [2.75, 3.05) is 0 Å². The lowest BCUT2D eigenvalue weighted by molar-refractivity contribution is -0.118. The molecule has 0 spiro atoms. The molecule has 1 amide bonds. The van der Waals surface area contributed by atoms with E-state index in [0.717, 1.165) is 5.56 Å². The lowest BCUT2D eigenvalue weighted by atomic mass is 10.0. The summed E-state index contributed by atoms with van der Waals surface area (Å²) in [6.45, 7) is 1.48. The lowest BCUT2D eigenvalue weighted by Crippen LogP contribution is -2.32. The van der Waals surface area contributed by atoms with Crippen LogP contribution >= 0.6 is 0 Å². The first-order chi connectivity index (χ1) is 9.18. The topological polar surface area (TPSA) is 46.2 Å². The van der Waals surface area contributed by atoms with Crippen LogP contribution in [0.3, 0.4) is 0 Å². The molecule has 0 aromatic heterocycles. The first-order valence-electron chi connectivity index (χ1n) is 6.10. The number of amides is 1. The van der Waals surface area contributed by atoms with Crippen LogP contribution in [0.1, 0.15) is 28.9 Å². The Morgan fingerprint density at radius 1 is 0.895 bits per heavy atom. The minimum Gasteiger partial charge on any atom is -0.338 e. The van der Waals surface area contributed by atoms with E-state index in [1.54, 1.807) is 24.3 Å². The zero-order valence-corrected chi connectivity index (χ0v) is 10.7. The highest BCUT2D eigenvalue weighted by Crippen LogP contribution is 2.14. The van der Waals surface area contributed by atoms with Gasteiger partial charge in [-0.1, -0.05) is 48.5 Å². The van der Waals surface area contributed by atoms with Crippen molar-refractivity contribution in [3.05, 3.63) is 71.8 Å². The largest absolute Gasteiger partial charge is 0.338 e. The van der Waals surface area contributed by atoms with Crippen LogP contribution in [0.5, 0.6) is 0 Å². The fourth-order valence-electron chi connectivity index (χ4n) is 1.87. The number of rotatable bonds is 4. The maximum absolute atomic E-state index is 12.1. The number of Topliss-reactive ketones (excluding diaryl/α,β-unsaturated/α-hetero) is 1. The number of ketones is 1. The summed E-state index contributed by atoms with van der Waals surface area (Å²) in [6.07, 6.45) is 0. The summed E-state index contributed by atoms with van der Waals surface area (Å²) in [7, 11) is 0. The van der Waals surface area contributed by atoms with Gasteiger partial charge in [-0.25, -0.2) is 0 Å². The molecule has 0 fully saturated rings. The maximum atomic E-state index is 12.1. The van der Waals surface area contributed by atoms with Gasteiger partial charge in [0.05, 0.1) is 0 Å². The van der Waals surface area contributed by atoms with E-state index >= 15 is 0 Å². The third-order valence-corrected chi connectivity index (χ3v) is 2.85. The Balaban J connectivity index is 2.19. The van der Waals surface area contributed by atoms with Crippen LogP contribution in [0, 0.1) is 0 Å². The maximum Gasteiger partial charge on any atom is 0.252 e. The highest BCUT2D eigenvalue weighted by atomic mass is 16.2. The summed E-state index contributed by atoms with van der Waals surface area (Å²) in [5.41, 5.74) is 1.34. The molecule has 0 radical (unpaired) electrons. The molecule has 2 rings (SSSR count). The Labute approximate surface area is 112 Å². The molecule has 0 saturated heterocycles. The van der Waals surface area contributed by atoms with Crippen LogP contribution in [0.25, 0.3) is 0 Å². The van der Waals surface area contributed by atoms with Crippen molar-refractivity contribution in [1.29, 1.82) is 0 Å². The minimum absolute atomic E-state index is 0.0875. The standard InChI is InChI=1S/C16H15NO2/c1-12(18)15(13-8-4-2-5-9-13)17-16(19)14-10-6-3-7-11-14/h2-11,15H,1H3,(H,17,19). The zero-order chi connectivity index (χ0) is 13.7. The Morgan fingerprint density at radius 3 is 1.95 bits per heavy atom. The first-order valence-corrected chi connectivity index (χ1v) is 6.10. The molecule has 19 heavy (non-hydrogen) atoms. The van der Waals surface area contributed by atoms with Crippen molar-refractivity contribution in [3.8, 4) is 0 Å². The van der Waals surface area contributed by atoms with Gasteiger partial charge in [0.1, 0.15) is 6.04 Å². The smallest absolute Gasteiger partial charge is 0.252 e. The molecule has 3 nitrogen and oxygen atoms in total. The van der Waals surface area contributed by atoms with Gasteiger partial charge >= 0.3 is 0 Å². The van der Waals surface area contributed by atoms with Crippen molar-refractivity contribution in [2.45, 2.75) is 13.0 Å². The first kappa shape index (κ1) is 13.0. The summed E-state index contributed by atoms with van der Waals surface area (Å²) in [5.74, 6) is -0.333. The molecule has 0 aliphatic rings. The second-order valence-corrected chi connectivity index (χ2v) is 4.29. The molecule has 0 saturated carbocycles. The predicted octanol–water partition coefficient (Wildman–Crippen LogP) is 2.75. The summed E-state index contributed by atoms with van der Waals surface area (Å²) in [4.78, 5) is 23.8. The summed E-state index contributed by atoms with van der Waals surface area (Å²) < 4.78 is 0. The van der Waals surface area contributed by atoms with Crippen LogP contribution in [-0.4, -0.2) is 11.7 Å². The minimum atomic E-state index is -0.603. The average Bonchev–Trinajstić information content (AvgIpc) is 2.46. The number of hydrogen-bond acceptors (Lipinski definition) is 2. The van der Waals surface area contributed by atoms with Crippen molar-refractivity contribution in [3.63, 3.8) is 0 Å². The van der Waals surface area contributed by atoms with E-state index in [2.05, 4.69) is 5.32 Å². The highest BCUT2D eigenvalue weighted by Gasteiger charge is 2.19. The molecule has 3 heteroatoms. The molecule has 1 unspecified atom stereocenters. The fraction of sp³-hybridized carbons (Fsp3) is 0.125. The molecule has 2 aromatic carbocycles. The third kappa shape index (κ3) is 3.28. The van der Waals surface area contributed by atoms with E-state index < -0.39 is 6.04 Å². The fourth-order valence-corrected chi connectivity index (χ4v) is 1.87. The molecule has 1 atom stereocenters. The van der Waals surface area contributed by atoms with Crippen molar-refractivity contribution >= 4 is 11.7 Å². The van der Waals surface area contributed by atoms with E-state index in [1.165, 1.54) is 6.92 Å². The van der Waals surface area contributed by atoms with Crippen LogP contribution in [0.2, 0.25) is 0 Å². The Bertz CT molecular complexity index is 564. The molecule has 0 aliphatic carbocycles. The Hall–Kier alpha value is -2.42. The monoisotopic (exact) mass is 253 g/mol. The van der Waals surface area contributed by atoms with Gasteiger partial charge in [-0.2, -0.15) is 0 Å². The quantitative estimate of drug-likeness (QED) is 0.910. The Morgan fingerprint density at radius 2 is 1.42 bits per heavy atom. The van der Waals surface area contributed by atoms with E-state index in [1.807, 2.05) is 36.4 Å². The number of carbonyl (C=O) groups is 2. The third-order valence-electron chi connectivity index (χ3n) is 2.85. The van der Waals surface area contributed by atoms with E-state index in [9.17, 15) is 9.59 Å². The van der Waals surface area contributed by atoms with Gasteiger partial charge in [-0.3, -0.25) is 9.59 Å². The SMILES string of the molecule is CC(=O)C(NC(=O)c1ccccc1)c1ccccc1. The number of nitrogens with one attached hydrogen (secondary N) is 1. The van der Waals surface area contributed by atoms with Gasteiger partial charge in [0.25, 0.3) is 5.91 Å². The van der Waals surface area contributed by atoms with Gasteiger partial charge in [-0.05, 0) is 24.6 Å². The predicted molar refractivity (Wildman–Crippen MR) is 73.8 cm³/mol. The number of hydrogen-bond donors (Lipinski definition) is 1. The van der Waals surface area contributed by atoms with Gasteiger partial charge in [-0.15, -0.1) is 0 Å². The second kappa shape index (κ2) is 5.96. The summed E-state index contributed by atoms with van der Waals surface area (Å²) in [6, 6.07) is 17.5. The highest BCUT2D eigenvalue weighted by molar-refractivity contribution is 5.97. The van der Waals surface area contributed by atoms with Crippen LogP contribution in [-0.2, 0) is 4.79 Å². The van der Waals surface area contributed by atoms with E-state index in [0.29, 0.717) is 5.56 Å². The Kier molecular flexibility index (Phi) is 4.08. The molecule has 1 N–H and O–H groups in total. The lowest BCUT2D eigenvalue weighted by Gasteiger charge is -2.16. The second-order valence-electron chi connectivity index (χ2n) is 4.29. The number of carbonyl (C=O) groups excluding carboxylic acids is 2. The van der Waals surface area contributed by atoms with E-state index in [4.69, 9.17) is 0 Å². The average molecular weight is 253 g/mol. The molecular formula is C16H15NO2.